The summed E-state index contributed by atoms with van der Waals surface area (Å²) in [6.07, 6.45) is 3.77. The number of rotatable bonds is 7. The number of phenols is 1. The number of aromatic hydroxyl groups is 1. The van der Waals surface area contributed by atoms with Gasteiger partial charge in [0.25, 0.3) is 0 Å². The summed E-state index contributed by atoms with van der Waals surface area (Å²) < 4.78 is 15.9. The molecule has 0 atom stereocenters. The number of methoxy groups -OCH3 is 1. The first-order chi connectivity index (χ1) is 10.8. The zero-order valence-electron chi connectivity index (χ0n) is 14.3. The molecule has 0 spiro atoms. The maximum Gasteiger partial charge on any atom is 0.338 e. The van der Waals surface area contributed by atoms with Crippen LogP contribution in [0, 0.1) is 0 Å². The van der Waals surface area contributed by atoms with E-state index in [-0.39, 0.29) is 17.1 Å². The molecule has 5 nitrogen and oxygen atoms in total. The van der Waals surface area contributed by atoms with Crippen LogP contribution in [0.3, 0.4) is 0 Å². The van der Waals surface area contributed by atoms with Crippen molar-refractivity contribution in [1.82, 2.24) is 0 Å². The molecule has 0 aliphatic heterocycles. The van der Waals surface area contributed by atoms with Crippen molar-refractivity contribution in [2.24, 2.45) is 0 Å². The van der Waals surface area contributed by atoms with Gasteiger partial charge in [-0.2, -0.15) is 0 Å². The monoisotopic (exact) mass is 320 g/mol. The number of carbonyl (C=O) groups is 1. The van der Waals surface area contributed by atoms with Crippen LogP contribution in [0.1, 0.15) is 38.1 Å². The predicted molar refractivity (Wildman–Crippen MR) is 89.3 cm³/mol. The molecule has 0 saturated carbocycles. The average molecular weight is 320 g/mol. The molecule has 5 heteroatoms. The van der Waals surface area contributed by atoms with E-state index >= 15 is 0 Å². The molecular formula is C18H24O5. The zero-order valence-corrected chi connectivity index (χ0v) is 14.3. The Morgan fingerprint density at radius 1 is 1.04 bits per heavy atom. The largest absolute Gasteiger partial charge is 0.504 e. The van der Waals surface area contributed by atoms with E-state index in [9.17, 15) is 9.90 Å². The second-order valence-corrected chi connectivity index (χ2v) is 5.50. The van der Waals surface area contributed by atoms with Crippen LogP contribution in [0.2, 0.25) is 0 Å². The van der Waals surface area contributed by atoms with E-state index in [1.54, 1.807) is 0 Å². The third-order valence-corrected chi connectivity index (χ3v) is 2.91. The zero-order chi connectivity index (χ0) is 17.4. The maximum absolute atomic E-state index is 11.7. The van der Waals surface area contributed by atoms with Crippen molar-refractivity contribution < 1.29 is 24.1 Å². The van der Waals surface area contributed by atoms with Gasteiger partial charge in [0, 0.05) is 0 Å². The molecule has 0 aliphatic rings. The van der Waals surface area contributed by atoms with E-state index in [0.717, 1.165) is 11.1 Å². The molecule has 0 bridgehead atoms. The SMILES string of the molecule is COC(=O)c1cc(O)c(OCC=C(C)C)c(OCC=C(C)C)c1. The van der Waals surface area contributed by atoms with Crippen LogP contribution in [-0.2, 0) is 4.74 Å². The van der Waals surface area contributed by atoms with Crippen LogP contribution in [0.5, 0.6) is 17.2 Å². The van der Waals surface area contributed by atoms with Crippen molar-refractivity contribution in [2.75, 3.05) is 20.3 Å². The molecule has 1 rings (SSSR count). The molecule has 1 aromatic carbocycles. The molecule has 1 aromatic rings. The van der Waals surface area contributed by atoms with E-state index in [1.165, 1.54) is 19.2 Å². The quantitative estimate of drug-likeness (QED) is 0.610. The highest BCUT2D eigenvalue weighted by Gasteiger charge is 2.17. The fraction of sp³-hybridized carbons (Fsp3) is 0.389. The van der Waals surface area contributed by atoms with Gasteiger partial charge >= 0.3 is 5.97 Å². The Labute approximate surface area is 137 Å². The number of phenolic OH excluding ortho intramolecular Hbond substituents is 1. The van der Waals surface area contributed by atoms with Gasteiger partial charge in [-0.3, -0.25) is 0 Å². The van der Waals surface area contributed by atoms with Crippen LogP contribution in [0.4, 0.5) is 0 Å². The van der Waals surface area contributed by atoms with Crippen LogP contribution in [0.15, 0.2) is 35.4 Å². The van der Waals surface area contributed by atoms with Crippen molar-refractivity contribution in [1.29, 1.82) is 0 Å². The van der Waals surface area contributed by atoms with E-state index in [1.807, 2.05) is 39.8 Å². The number of hydrogen-bond acceptors (Lipinski definition) is 5. The lowest BCUT2D eigenvalue weighted by Crippen LogP contribution is -2.05. The number of carbonyl (C=O) groups excluding carboxylic acids is 1. The molecule has 1 N–H and O–H groups in total. The lowest BCUT2D eigenvalue weighted by molar-refractivity contribution is 0.0599. The Hall–Kier alpha value is -2.43. The normalized spacial score (nSPS) is 9.78. The summed E-state index contributed by atoms with van der Waals surface area (Å²) in [4.78, 5) is 11.7. The van der Waals surface area contributed by atoms with Crippen molar-refractivity contribution in [3.05, 3.63) is 41.0 Å². The third kappa shape index (κ3) is 6.06. The number of allylic oxidation sites excluding steroid dienone is 2. The maximum atomic E-state index is 11.7. The lowest BCUT2D eigenvalue weighted by atomic mass is 10.2. The van der Waals surface area contributed by atoms with E-state index in [0.29, 0.717) is 19.0 Å². The molecule has 0 aromatic heterocycles. The molecule has 0 amide bonds. The Morgan fingerprint density at radius 3 is 2.13 bits per heavy atom. The number of hydrogen-bond donors (Lipinski definition) is 1. The van der Waals surface area contributed by atoms with Gasteiger partial charge in [-0.15, -0.1) is 0 Å². The smallest absolute Gasteiger partial charge is 0.338 e. The van der Waals surface area contributed by atoms with Gasteiger partial charge in [-0.25, -0.2) is 4.79 Å². The molecule has 23 heavy (non-hydrogen) atoms. The summed E-state index contributed by atoms with van der Waals surface area (Å²) in [6.45, 7) is 8.43. The summed E-state index contributed by atoms with van der Waals surface area (Å²) in [6, 6.07) is 2.81. The van der Waals surface area contributed by atoms with Gasteiger partial charge in [0.05, 0.1) is 12.7 Å². The number of benzene rings is 1. The Morgan fingerprint density at radius 2 is 1.61 bits per heavy atom. The van der Waals surface area contributed by atoms with Gasteiger partial charge in [-0.05, 0) is 52.0 Å². The van der Waals surface area contributed by atoms with Crippen LogP contribution >= 0.6 is 0 Å². The molecule has 0 saturated heterocycles. The Balaban J connectivity index is 3.11. The van der Waals surface area contributed by atoms with Gasteiger partial charge < -0.3 is 19.3 Å². The highest BCUT2D eigenvalue weighted by molar-refractivity contribution is 5.91. The fourth-order valence-corrected chi connectivity index (χ4v) is 1.67. The molecular weight excluding hydrogens is 296 g/mol. The highest BCUT2D eigenvalue weighted by Crippen LogP contribution is 2.38. The minimum atomic E-state index is -0.553. The van der Waals surface area contributed by atoms with Gasteiger partial charge in [0.15, 0.2) is 11.5 Å². The first-order valence-corrected chi connectivity index (χ1v) is 7.32. The first kappa shape index (κ1) is 18.6. The van der Waals surface area contributed by atoms with Crippen LogP contribution < -0.4 is 9.47 Å². The standard InChI is InChI=1S/C18H24O5/c1-12(2)6-8-22-16-11-14(18(20)21-5)10-15(19)17(16)23-9-7-13(3)4/h6-7,10-11,19H,8-9H2,1-5H3. The topological polar surface area (TPSA) is 65.0 Å². The molecule has 0 radical (unpaired) electrons. The fourth-order valence-electron chi connectivity index (χ4n) is 1.67. The molecule has 0 unspecified atom stereocenters. The van der Waals surface area contributed by atoms with E-state index < -0.39 is 5.97 Å². The van der Waals surface area contributed by atoms with Crippen molar-refractivity contribution in [2.45, 2.75) is 27.7 Å². The molecule has 0 fully saturated rings. The predicted octanol–water partition coefficient (Wildman–Crippen LogP) is 3.87. The minimum absolute atomic E-state index is 0.165. The van der Waals surface area contributed by atoms with Gasteiger partial charge in [0.2, 0.25) is 5.75 Å². The van der Waals surface area contributed by atoms with Gasteiger partial charge in [-0.1, -0.05) is 11.1 Å². The summed E-state index contributed by atoms with van der Waals surface area (Å²) in [5, 5.41) is 10.1. The second kappa shape index (κ2) is 8.88. The Bertz CT molecular complexity index is 606. The summed E-state index contributed by atoms with van der Waals surface area (Å²) in [7, 11) is 1.28. The van der Waals surface area contributed by atoms with Crippen LogP contribution in [-0.4, -0.2) is 31.4 Å². The van der Waals surface area contributed by atoms with Crippen molar-refractivity contribution in [3.63, 3.8) is 0 Å². The van der Waals surface area contributed by atoms with E-state index in [4.69, 9.17) is 9.47 Å². The summed E-state index contributed by atoms with van der Waals surface area (Å²) >= 11 is 0. The molecule has 0 aliphatic carbocycles. The highest BCUT2D eigenvalue weighted by atomic mass is 16.5. The van der Waals surface area contributed by atoms with Crippen molar-refractivity contribution in [3.8, 4) is 17.2 Å². The average Bonchev–Trinajstić information content (AvgIpc) is 2.47. The number of ether oxygens (including phenoxy) is 3. The summed E-state index contributed by atoms with van der Waals surface area (Å²) in [5.41, 5.74) is 2.40. The van der Waals surface area contributed by atoms with Crippen molar-refractivity contribution >= 4 is 5.97 Å². The number of esters is 1. The van der Waals surface area contributed by atoms with Gasteiger partial charge in [0.1, 0.15) is 13.2 Å². The van der Waals surface area contributed by atoms with Crippen LogP contribution in [0.25, 0.3) is 0 Å². The first-order valence-electron chi connectivity index (χ1n) is 7.32. The molecule has 0 heterocycles. The van der Waals surface area contributed by atoms with E-state index in [2.05, 4.69) is 4.74 Å². The third-order valence-electron chi connectivity index (χ3n) is 2.91. The molecule has 126 valence electrons. The minimum Gasteiger partial charge on any atom is -0.504 e. The second-order valence-electron chi connectivity index (χ2n) is 5.50. The lowest BCUT2D eigenvalue weighted by Gasteiger charge is -2.14. The Kier molecular flexibility index (Phi) is 7.19. The summed E-state index contributed by atoms with van der Waals surface area (Å²) in [5.74, 6) is -0.215.